The second kappa shape index (κ2) is 12.4. The molecule has 0 radical (unpaired) electrons. The van der Waals surface area contributed by atoms with Crippen molar-refractivity contribution in [1.82, 2.24) is 10.2 Å². The van der Waals surface area contributed by atoms with Gasteiger partial charge in [-0.2, -0.15) is 0 Å². The van der Waals surface area contributed by atoms with E-state index in [-0.39, 0.29) is 19.3 Å². The highest BCUT2D eigenvalue weighted by Gasteiger charge is 2.54. The van der Waals surface area contributed by atoms with E-state index in [4.69, 9.17) is 18.9 Å². The number of nitrogens with one attached hydrogen (secondary N) is 1. The summed E-state index contributed by atoms with van der Waals surface area (Å²) in [7, 11) is 0. The minimum atomic E-state index is -2.01. The average molecular weight is 569 g/mol. The number of morpholine rings is 1. The highest BCUT2D eigenvalue weighted by Crippen LogP contribution is 2.40. The molecule has 3 atom stereocenters. The predicted molar refractivity (Wildman–Crippen MR) is 151 cm³/mol. The average Bonchev–Trinajstić information content (AvgIpc) is 3.30. The fraction of sp³-hybridized carbons (Fsp3) is 0.562. The minimum Gasteiger partial charge on any atom is -0.489 e. The Labute approximate surface area is 241 Å². The number of hydrogen-bond donors (Lipinski definition) is 1. The van der Waals surface area contributed by atoms with Gasteiger partial charge in [0.1, 0.15) is 18.0 Å². The Balaban J connectivity index is 1.20. The first-order valence-corrected chi connectivity index (χ1v) is 14.6. The van der Waals surface area contributed by atoms with E-state index in [1.807, 2.05) is 51.1 Å². The third kappa shape index (κ3) is 7.01. The van der Waals surface area contributed by atoms with Gasteiger partial charge in [-0.3, -0.25) is 4.79 Å². The lowest BCUT2D eigenvalue weighted by Crippen LogP contribution is -2.66. The number of alkyl halides is 1. The first kappa shape index (κ1) is 29.3. The van der Waals surface area contributed by atoms with Gasteiger partial charge in [-0.15, -0.1) is 0 Å². The highest BCUT2D eigenvalue weighted by molar-refractivity contribution is 5.81. The summed E-state index contributed by atoms with van der Waals surface area (Å²) in [6.07, 6.45) is 1.58. The van der Waals surface area contributed by atoms with E-state index in [2.05, 4.69) is 29.6 Å². The quantitative estimate of drug-likeness (QED) is 0.475. The Bertz CT molecular complexity index is 1200. The molecule has 0 aromatic heterocycles. The Kier molecular flexibility index (Phi) is 8.85. The van der Waals surface area contributed by atoms with Crippen LogP contribution in [0.1, 0.15) is 69.9 Å². The number of ether oxygens (including phenoxy) is 4. The number of rotatable bonds is 7. The van der Waals surface area contributed by atoms with Crippen LogP contribution >= 0.6 is 0 Å². The molecule has 1 spiro atoms. The smallest absolute Gasteiger partial charge is 0.410 e. The lowest BCUT2D eigenvalue weighted by molar-refractivity contribution is -0.165. The van der Waals surface area contributed by atoms with Gasteiger partial charge >= 0.3 is 6.09 Å². The number of benzene rings is 2. The maximum atomic E-state index is 13.9. The summed E-state index contributed by atoms with van der Waals surface area (Å²) in [5, 5.41) is 2.80. The van der Waals surface area contributed by atoms with Gasteiger partial charge in [-0.25, -0.2) is 9.18 Å². The molecule has 1 N–H and O–H groups in total. The fourth-order valence-electron chi connectivity index (χ4n) is 6.13. The monoisotopic (exact) mass is 568 g/mol. The molecule has 2 aliphatic heterocycles. The van der Waals surface area contributed by atoms with E-state index in [0.717, 1.165) is 37.0 Å². The zero-order valence-electron chi connectivity index (χ0n) is 24.1. The molecule has 9 heteroatoms. The van der Waals surface area contributed by atoms with Gasteiger partial charge in [0.25, 0.3) is 12.3 Å². The molecule has 1 saturated carbocycles. The van der Waals surface area contributed by atoms with Gasteiger partial charge in [0.2, 0.25) is 0 Å². The van der Waals surface area contributed by atoms with Crippen molar-refractivity contribution in [2.24, 2.45) is 0 Å². The van der Waals surface area contributed by atoms with E-state index < -0.39 is 35.5 Å². The largest absolute Gasteiger partial charge is 0.489 e. The summed E-state index contributed by atoms with van der Waals surface area (Å²) >= 11 is 0. The van der Waals surface area contributed by atoms with Crippen LogP contribution < -0.4 is 10.1 Å². The van der Waals surface area contributed by atoms with E-state index in [1.54, 1.807) is 4.90 Å². The van der Waals surface area contributed by atoms with Crippen LogP contribution in [-0.2, 0) is 25.6 Å². The number of nitrogens with zero attached hydrogens (tertiary/aromatic N) is 1. The van der Waals surface area contributed by atoms with Crippen LogP contribution in [-0.4, -0.2) is 66.3 Å². The standard InChI is InChI=1S/C32H41FN2O6/c1-31(2,3)41-30(37)35-18-17-32(21-40-28(33)29(36)34-32)27(35)20-38-24-15-13-23(14-16-24)25-11-7-8-12-26(25)39-19-22-9-5-4-6-10-22/h4-12,23-24,27-28H,13-21H2,1-3H3,(H,34,36). The minimum absolute atomic E-state index is 0.0101. The molecule has 0 bridgehead atoms. The number of carbonyl (C=O) groups excluding carboxylic acids is 2. The molecule has 2 saturated heterocycles. The summed E-state index contributed by atoms with van der Waals surface area (Å²) < 4.78 is 37.3. The van der Waals surface area contributed by atoms with Gasteiger partial charge < -0.3 is 29.2 Å². The van der Waals surface area contributed by atoms with Crippen molar-refractivity contribution in [2.75, 3.05) is 19.8 Å². The van der Waals surface area contributed by atoms with Crippen molar-refractivity contribution in [1.29, 1.82) is 0 Å². The zero-order chi connectivity index (χ0) is 29.0. The number of para-hydroxylation sites is 1. The topological polar surface area (TPSA) is 86.3 Å². The summed E-state index contributed by atoms with van der Waals surface area (Å²) in [5.74, 6) is 0.465. The first-order chi connectivity index (χ1) is 19.6. The van der Waals surface area contributed by atoms with Crippen LogP contribution in [0.2, 0.25) is 0 Å². The molecule has 2 heterocycles. The molecule has 2 aromatic rings. The third-order valence-corrected chi connectivity index (χ3v) is 8.27. The van der Waals surface area contributed by atoms with Crippen LogP contribution in [0.4, 0.5) is 9.18 Å². The molecule has 3 aliphatic rings. The molecule has 2 amide bonds. The second-order valence-electron chi connectivity index (χ2n) is 12.3. The Hall–Kier alpha value is -3.17. The van der Waals surface area contributed by atoms with Gasteiger partial charge in [-0.05, 0) is 76.0 Å². The van der Waals surface area contributed by atoms with Gasteiger partial charge in [0.15, 0.2) is 0 Å². The first-order valence-electron chi connectivity index (χ1n) is 14.6. The Morgan fingerprint density at radius 2 is 1.78 bits per heavy atom. The number of carbonyl (C=O) groups is 2. The number of amides is 2. The van der Waals surface area contributed by atoms with E-state index in [9.17, 15) is 14.0 Å². The molecule has 222 valence electrons. The molecule has 3 unspecified atom stereocenters. The van der Waals surface area contributed by atoms with Gasteiger partial charge in [-0.1, -0.05) is 48.5 Å². The molecule has 5 rings (SSSR count). The van der Waals surface area contributed by atoms with Crippen LogP contribution in [0.3, 0.4) is 0 Å². The van der Waals surface area contributed by atoms with Crippen molar-refractivity contribution in [3.63, 3.8) is 0 Å². The summed E-state index contributed by atoms with van der Waals surface area (Å²) in [4.78, 5) is 26.9. The van der Waals surface area contributed by atoms with E-state index in [0.29, 0.717) is 25.5 Å². The number of halogens is 1. The van der Waals surface area contributed by atoms with E-state index in [1.165, 1.54) is 5.56 Å². The van der Waals surface area contributed by atoms with Crippen LogP contribution in [0, 0.1) is 0 Å². The maximum Gasteiger partial charge on any atom is 0.410 e. The normalized spacial score (nSPS) is 28.4. The van der Waals surface area contributed by atoms with Crippen LogP contribution in [0.5, 0.6) is 5.75 Å². The van der Waals surface area contributed by atoms with Crippen molar-refractivity contribution in [3.8, 4) is 5.75 Å². The molecular weight excluding hydrogens is 527 g/mol. The number of hydrogen-bond acceptors (Lipinski definition) is 6. The molecule has 41 heavy (non-hydrogen) atoms. The van der Waals surface area contributed by atoms with Gasteiger partial charge in [0, 0.05) is 6.54 Å². The van der Waals surface area contributed by atoms with Crippen molar-refractivity contribution < 1.29 is 32.9 Å². The zero-order valence-corrected chi connectivity index (χ0v) is 24.1. The van der Waals surface area contributed by atoms with E-state index >= 15 is 0 Å². The lowest BCUT2D eigenvalue weighted by atomic mass is 9.82. The lowest BCUT2D eigenvalue weighted by Gasteiger charge is -2.42. The molecule has 3 fully saturated rings. The second-order valence-corrected chi connectivity index (χ2v) is 12.3. The maximum absolute atomic E-state index is 13.9. The molecule has 8 nitrogen and oxygen atoms in total. The fourth-order valence-corrected chi connectivity index (χ4v) is 6.13. The molecule has 1 aliphatic carbocycles. The summed E-state index contributed by atoms with van der Waals surface area (Å²) in [6.45, 7) is 6.49. The molecular formula is C32H41FN2O6. The number of likely N-dealkylation sites (tertiary alicyclic amines) is 1. The summed E-state index contributed by atoms with van der Waals surface area (Å²) in [5.41, 5.74) is 0.762. The highest BCUT2D eigenvalue weighted by atomic mass is 19.1. The van der Waals surface area contributed by atoms with Crippen molar-refractivity contribution in [2.45, 2.75) is 95.0 Å². The molecule has 2 aromatic carbocycles. The van der Waals surface area contributed by atoms with Crippen molar-refractivity contribution >= 4 is 12.0 Å². The predicted octanol–water partition coefficient (Wildman–Crippen LogP) is 5.50. The third-order valence-electron chi connectivity index (χ3n) is 8.27. The Morgan fingerprint density at radius 1 is 1.07 bits per heavy atom. The van der Waals surface area contributed by atoms with Crippen LogP contribution in [0.15, 0.2) is 54.6 Å². The van der Waals surface area contributed by atoms with Gasteiger partial charge in [0.05, 0.1) is 30.9 Å². The SMILES string of the molecule is CC(C)(C)OC(=O)N1CCC2(COC(F)C(=O)N2)C1COC1CCC(c2ccccc2OCc2ccccc2)CC1. The van der Waals surface area contributed by atoms with Crippen LogP contribution in [0.25, 0.3) is 0 Å². The van der Waals surface area contributed by atoms with Crippen molar-refractivity contribution in [3.05, 3.63) is 65.7 Å². The Morgan fingerprint density at radius 3 is 2.49 bits per heavy atom. The summed E-state index contributed by atoms with van der Waals surface area (Å²) in [6, 6.07) is 17.9.